The molecule has 1 fully saturated rings. The SMILES string of the molecule is COc1ccccc1-c1nc(C(=O)N2CC[C@H](CN)C2)cs1. The van der Waals surface area contributed by atoms with Crippen molar-refractivity contribution in [3.05, 3.63) is 35.3 Å². The van der Waals surface area contributed by atoms with Crippen LogP contribution < -0.4 is 10.5 Å². The number of ether oxygens (including phenoxy) is 1. The Hall–Kier alpha value is -1.92. The van der Waals surface area contributed by atoms with E-state index in [1.165, 1.54) is 11.3 Å². The van der Waals surface area contributed by atoms with Crippen LogP contribution in [0.15, 0.2) is 29.6 Å². The van der Waals surface area contributed by atoms with Gasteiger partial charge in [-0.3, -0.25) is 4.79 Å². The first kappa shape index (κ1) is 15.0. The Labute approximate surface area is 133 Å². The molecule has 116 valence electrons. The summed E-state index contributed by atoms with van der Waals surface area (Å²) in [7, 11) is 1.63. The molecule has 2 N–H and O–H groups in total. The van der Waals surface area contributed by atoms with Crippen molar-refractivity contribution in [2.24, 2.45) is 11.7 Å². The number of nitrogens with two attached hydrogens (primary N) is 1. The van der Waals surface area contributed by atoms with Crippen LogP contribution in [0.2, 0.25) is 0 Å². The van der Waals surface area contributed by atoms with Gasteiger partial charge in [-0.05, 0) is 31.0 Å². The van der Waals surface area contributed by atoms with Crippen LogP contribution in [0.25, 0.3) is 10.6 Å². The summed E-state index contributed by atoms with van der Waals surface area (Å²) in [5.41, 5.74) is 7.10. The number of rotatable bonds is 4. The molecule has 6 heteroatoms. The average molecular weight is 317 g/mol. The molecule has 0 aliphatic carbocycles. The lowest BCUT2D eigenvalue weighted by molar-refractivity contribution is 0.0782. The van der Waals surface area contributed by atoms with Crippen molar-refractivity contribution in [3.8, 4) is 16.3 Å². The maximum atomic E-state index is 12.5. The number of aromatic nitrogens is 1. The van der Waals surface area contributed by atoms with Crippen molar-refractivity contribution in [1.29, 1.82) is 0 Å². The Bertz CT molecular complexity index is 671. The molecule has 2 aromatic rings. The summed E-state index contributed by atoms with van der Waals surface area (Å²) in [6.45, 7) is 2.13. The minimum atomic E-state index is -0.00616. The molecular weight excluding hydrogens is 298 g/mol. The summed E-state index contributed by atoms with van der Waals surface area (Å²) in [5, 5.41) is 2.62. The van der Waals surface area contributed by atoms with Crippen LogP contribution in [-0.2, 0) is 0 Å². The number of likely N-dealkylation sites (tertiary alicyclic amines) is 1. The average Bonchev–Trinajstić information content (AvgIpc) is 3.23. The highest BCUT2D eigenvalue weighted by Gasteiger charge is 2.27. The normalized spacial score (nSPS) is 17.7. The van der Waals surface area contributed by atoms with Gasteiger partial charge in [0, 0.05) is 18.5 Å². The van der Waals surface area contributed by atoms with Crippen molar-refractivity contribution >= 4 is 17.2 Å². The molecule has 0 radical (unpaired) electrons. The van der Waals surface area contributed by atoms with Gasteiger partial charge in [-0.15, -0.1) is 11.3 Å². The van der Waals surface area contributed by atoms with E-state index in [1.54, 1.807) is 7.11 Å². The first-order valence-corrected chi connectivity index (χ1v) is 8.19. The van der Waals surface area contributed by atoms with Gasteiger partial charge >= 0.3 is 0 Å². The van der Waals surface area contributed by atoms with E-state index in [1.807, 2.05) is 34.5 Å². The number of nitrogens with zero attached hydrogens (tertiary/aromatic N) is 2. The molecule has 0 unspecified atom stereocenters. The second kappa shape index (κ2) is 6.46. The van der Waals surface area contributed by atoms with E-state index in [4.69, 9.17) is 10.5 Å². The molecule has 22 heavy (non-hydrogen) atoms. The summed E-state index contributed by atoms with van der Waals surface area (Å²) in [5.74, 6) is 1.17. The Morgan fingerprint density at radius 3 is 3.05 bits per heavy atom. The summed E-state index contributed by atoms with van der Waals surface area (Å²) >= 11 is 1.46. The predicted molar refractivity (Wildman–Crippen MR) is 87.2 cm³/mol. The highest BCUT2D eigenvalue weighted by atomic mass is 32.1. The van der Waals surface area contributed by atoms with Crippen molar-refractivity contribution in [3.63, 3.8) is 0 Å². The van der Waals surface area contributed by atoms with Crippen molar-refractivity contribution in [1.82, 2.24) is 9.88 Å². The van der Waals surface area contributed by atoms with Gasteiger partial charge in [0.25, 0.3) is 5.91 Å². The van der Waals surface area contributed by atoms with Crippen molar-refractivity contribution in [2.45, 2.75) is 6.42 Å². The zero-order valence-corrected chi connectivity index (χ0v) is 13.3. The summed E-state index contributed by atoms with van der Waals surface area (Å²) in [6.07, 6.45) is 0.978. The van der Waals surface area contributed by atoms with Crippen molar-refractivity contribution < 1.29 is 9.53 Å². The molecule has 1 aliphatic heterocycles. The lowest BCUT2D eigenvalue weighted by Gasteiger charge is -2.14. The Morgan fingerprint density at radius 1 is 1.50 bits per heavy atom. The number of carbonyl (C=O) groups is 1. The van der Waals surface area contributed by atoms with E-state index in [0.29, 0.717) is 18.2 Å². The Balaban J connectivity index is 1.80. The maximum absolute atomic E-state index is 12.5. The van der Waals surface area contributed by atoms with Gasteiger partial charge in [0.05, 0.1) is 12.7 Å². The topological polar surface area (TPSA) is 68.5 Å². The van der Waals surface area contributed by atoms with Crippen LogP contribution in [0.3, 0.4) is 0 Å². The summed E-state index contributed by atoms with van der Waals surface area (Å²) in [6, 6.07) is 7.70. The minimum absolute atomic E-state index is 0.00616. The molecular formula is C16H19N3O2S. The first-order valence-electron chi connectivity index (χ1n) is 7.31. The van der Waals surface area contributed by atoms with Crippen LogP contribution in [0.1, 0.15) is 16.9 Å². The molecule has 2 heterocycles. The van der Waals surface area contributed by atoms with Crippen LogP contribution >= 0.6 is 11.3 Å². The van der Waals surface area contributed by atoms with Gasteiger partial charge in [0.15, 0.2) is 0 Å². The molecule has 1 atom stereocenters. The van der Waals surface area contributed by atoms with Crippen LogP contribution in [0.5, 0.6) is 5.75 Å². The number of carbonyl (C=O) groups excluding carboxylic acids is 1. The maximum Gasteiger partial charge on any atom is 0.273 e. The van der Waals surface area contributed by atoms with E-state index in [9.17, 15) is 4.79 Å². The van der Waals surface area contributed by atoms with E-state index in [-0.39, 0.29) is 5.91 Å². The zero-order chi connectivity index (χ0) is 15.5. The predicted octanol–water partition coefficient (Wildman–Crippen LogP) is 2.24. The second-order valence-corrected chi connectivity index (χ2v) is 6.24. The van der Waals surface area contributed by atoms with Crippen LogP contribution in [0.4, 0.5) is 0 Å². The van der Waals surface area contributed by atoms with E-state index in [0.717, 1.165) is 35.8 Å². The third kappa shape index (κ3) is 2.84. The summed E-state index contributed by atoms with van der Waals surface area (Å²) in [4.78, 5) is 18.9. The van der Waals surface area contributed by atoms with Gasteiger partial charge in [-0.2, -0.15) is 0 Å². The number of benzene rings is 1. The second-order valence-electron chi connectivity index (χ2n) is 5.38. The number of para-hydroxylation sites is 1. The molecule has 1 amide bonds. The van der Waals surface area contributed by atoms with Crippen LogP contribution in [0, 0.1) is 5.92 Å². The highest BCUT2D eigenvalue weighted by molar-refractivity contribution is 7.13. The van der Waals surface area contributed by atoms with Gasteiger partial charge in [0.1, 0.15) is 16.5 Å². The number of methoxy groups -OCH3 is 1. The largest absolute Gasteiger partial charge is 0.496 e. The number of hydrogen-bond acceptors (Lipinski definition) is 5. The zero-order valence-electron chi connectivity index (χ0n) is 12.5. The van der Waals surface area contributed by atoms with E-state index < -0.39 is 0 Å². The standard InChI is InChI=1S/C16H19N3O2S/c1-21-14-5-3-2-4-12(14)15-18-13(10-22-15)16(20)19-7-6-11(8-17)9-19/h2-5,10-11H,6-9,17H2,1H3/t11-/m1/s1. The fourth-order valence-corrected chi connectivity index (χ4v) is 3.51. The monoisotopic (exact) mass is 317 g/mol. The molecule has 0 saturated carbocycles. The minimum Gasteiger partial charge on any atom is -0.496 e. The number of amides is 1. The molecule has 3 rings (SSSR count). The number of thiazole rings is 1. The lowest BCUT2D eigenvalue weighted by Crippen LogP contribution is -2.30. The smallest absolute Gasteiger partial charge is 0.273 e. The van der Waals surface area contributed by atoms with Gasteiger partial charge in [-0.25, -0.2) is 4.98 Å². The molecule has 5 nitrogen and oxygen atoms in total. The first-order chi connectivity index (χ1) is 10.7. The third-order valence-electron chi connectivity index (χ3n) is 3.97. The number of hydrogen-bond donors (Lipinski definition) is 1. The quantitative estimate of drug-likeness (QED) is 0.939. The van der Waals surface area contributed by atoms with Crippen LogP contribution in [-0.4, -0.2) is 42.5 Å². The molecule has 1 aromatic carbocycles. The van der Waals surface area contributed by atoms with Gasteiger partial charge < -0.3 is 15.4 Å². The molecule has 1 aromatic heterocycles. The third-order valence-corrected chi connectivity index (χ3v) is 4.84. The van der Waals surface area contributed by atoms with E-state index >= 15 is 0 Å². The molecule has 0 bridgehead atoms. The lowest BCUT2D eigenvalue weighted by atomic mass is 10.1. The molecule has 1 aliphatic rings. The Kier molecular flexibility index (Phi) is 4.40. The van der Waals surface area contributed by atoms with Gasteiger partial charge in [-0.1, -0.05) is 12.1 Å². The Morgan fingerprint density at radius 2 is 2.32 bits per heavy atom. The van der Waals surface area contributed by atoms with Crippen molar-refractivity contribution in [2.75, 3.05) is 26.7 Å². The van der Waals surface area contributed by atoms with Gasteiger partial charge in [0.2, 0.25) is 0 Å². The molecule has 0 spiro atoms. The fourth-order valence-electron chi connectivity index (χ4n) is 2.69. The highest BCUT2D eigenvalue weighted by Crippen LogP contribution is 2.32. The van der Waals surface area contributed by atoms with E-state index in [2.05, 4.69) is 4.98 Å². The fraction of sp³-hybridized carbons (Fsp3) is 0.375. The summed E-state index contributed by atoms with van der Waals surface area (Å²) < 4.78 is 5.36. The molecule has 1 saturated heterocycles.